The minimum Gasteiger partial charge on any atom is -0.455 e. The second kappa shape index (κ2) is 8.32. The molecular weight excluding hydrogens is 386 g/mol. The Morgan fingerprint density at radius 3 is 2.79 bits per heavy atom. The number of carbonyl (C=O) groups is 1. The lowest BCUT2D eigenvalue weighted by atomic mass is 10.2. The summed E-state index contributed by atoms with van der Waals surface area (Å²) >= 11 is 1.32. The Kier molecular flexibility index (Phi) is 5.44. The van der Waals surface area contributed by atoms with Gasteiger partial charge in [-0.15, -0.1) is 16.4 Å². The van der Waals surface area contributed by atoms with Crippen molar-refractivity contribution >= 4 is 17.3 Å². The molecule has 146 valence electrons. The number of pyridine rings is 1. The lowest BCUT2D eigenvalue weighted by Crippen LogP contribution is -2.05. The number of para-hydroxylation sites is 1. The number of benzene rings is 1. The zero-order valence-electron chi connectivity index (χ0n) is 16.1. The molecule has 0 spiro atoms. The largest absolute Gasteiger partial charge is 0.455 e. The molecule has 0 N–H and O–H groups in total. The molecule has 29 heavy (non-hydrogen) atoms. The molecule has 0 aliphatic carbocycles. The maximum Gasteiger partial charge on any atom is 0.350 e. The Hall–Kier alpha value is -3.39. The summed E-state index contributed by atoms with van der Waals surface area (Å²) in [6, 6.07) is 13.5. The van der Waals surface area contributed by atoms with Crippen LogP contribution >= 0.6 is 11.3 Å². The number of nitrogens with zero attached hydrogens (tertiary/aromatic N) is 5. The normalized spacial score (nSPS) is 10.8. The SMILES string of the molecule is CCc1cc(-c2nc(C)c(C(=O)OCc3cn(-c4ccccc4)nn3)s2)ccn1. The van der Waals surface area contributed by atoms with Gasteiger partial charge in [0.05, 0.1) is 17.6 Å². The highest BCUT2D eigenvalue weighted by atomic mass is 32.1. The monoisotopic (exact) mass is 405 g/mol. The molecule has 0 aliphatic rings. The van der Waals surface area contributed by atoms with Crippen LogP contribution in [0.2, 0.25) is 0 Å². The zero-order chi connectivity index (χ0) is 20.2. The van der Waals surface area contributed by atoms with Gasteiger partial charge in [-0.25, -0.2) is 14.5 Å². The van der Waals surface area contributed by atoms with Gasteiger partial charge in [0.15, 0.2) is 0 Å². The predicted octanol–water partition coefficient (Wildman–Crippen LogP) is 4.01. The van der Waals surface area contributed by atoms with Crippen molar-refractivity contribution in [2.75, 3.05) is 0 Å². The van der Waals surface area contributed by atoms with Crippen LogP contribution in [0.1, 0.15) is 33.7 Å². The first-order chi connectivity index (χ1) is 14.1. The number of carbonyl (C=O) groups excluding carboxylic acids is 1. The topological polar surface area (TPSA) is 82.8 Å². The van der Waals surface area contributed by atoms with Crippen molar-refractivity contribution in [1.82, 2.24) is 25.0 Å². The van der Waals surface area contributed by atoms with Gasteiger partial charge in [-0.1, -0.05) is 30.3 Å². The highest BCUT2D eigenvalue weighted by Gasteiger charge is 2.18. The van der Waals surface area contributed by atoms with E-state index in [9.17, 15) is 4.79 Å². The molecule has 4 aromatic rings. The van der Waals surface area contributed by atoms with E-state index in [4.69, 9.17) is 4.74 Å². The average molecular weight is 405 g/mol. The van der Waals surface area contributed by atoms with E-state index in [1.807, 2.05) is 49.4 Å². The molecule has 4 rings (SSSR count). The molecule has 3 aromatic heterocycles. The van der Waals surface area contributed by atoms with E-state index in [2.05, 4.69) is 27.2 Å². The number of aromatic nitrogens is 5. The van der Waals surface area contributed by atoms with Crippen LogP contribution in [-0.2, 0) is 17.8 Å². The third-order valence-corrected chi connectivity index (χ3v) is 5.51. The van der Waals surface area contributed by atoms with E-state index in [0.29, 0.717) is 16.3 Å². The van der Waals surface area contributed by atoms with Gasteiger partial charge in [0.1, 0.15) is 22.2 Å². The van der Waals surface area contributed by atoms with Crippen LogP contribution in [0.25, 0.3) is 16.3 Å². The van der Waals surface area contributed by atoms with Crippen LogP contribution < -0.4 is 0 Å². The molecule has 3 heterocycles. The van der Waals surface area contributed by atoms with Crippen LogP contribution in [0.3, 0.4) is 0 Å². The smallest absolute Gasteiger partial charge is 0.350 e. The van der Waals surface area contributed by atoms with E-state index >= 15 is 0 Å². The first kappa shape index (κ1) is 18.9. The Labute approximate surface area is 172 Å². The molecule has 0 aliphatic heterocycles. The lowest BCUT2D eigenvalue weighted by molar-refractivity contribution is 0.0472. The van der Waals surface area contributed by atoms with Gasteiger partial charge in [-0.05, 0) is 37.6 Å². The Morgan fingerprint density at radius 2 is 2.00 bits per heavy atom. The van der Waals surface area contributed by atoms with E-state index in [1.165, 1.54) is 11.3 Å². The minimum absolute atomic E-state index is 0.0492. The van der Waals surface area contributed by atoms with Gasteiger partial charge in [-0.2, -0.15) is 0 Å². The second-order valence-corrected chi connectivity index (χ2v) is 7.39. The number of rotatable bonds is 6. The Balaban J connectivity index is 1.45. The number of thiazole rings is 1. The lowest BCUT2D eigenvalue weighted by Gasteiger charge is -2.01. The molecule has 0 radical (unpaired) electrons. The fourth-order valence-corrected chi connectivity index (χ4v) is 3.75. The molecule has 0 bridgehead atoms. The summed E-state index contributed by atoms with van der Waals surface area (Å²) in [4.78, 5) is 21.9. The number of ether oxygens (including phenoxy) is 1. The molecule has 0 unspecified atom stereocenters. The third-order valence-electron chi connectivity index (χ3n) is 4.32. The zero-order valence-corrected chi connectivity index (χ0v) is 16.9. The van der Waals surface area contributed by atoms with Crippen molar-refractivity contribution in [3.05, 3.63) is 76.8 Å². The predicted molar refractivity (Wildman–Crippen MR) is 110 cm³/mol. The fraction of sp³-hybridized carbons (Fsp3) is 0.190. The van der Waals surface area contributed by atoms with E-state index < -0.39 is 5.97 Å². The molecule has 1 aromatic carbocycles. The van der Waals surface area contributed by atoms with E-state index in [1.54, 1.807) is 17.1 Å². The van der Waals surface area contributed by atoms with E-state index in [0.717, 1.165) is 28.4 Å². The van der Waals surface area contributed by atoms with Crippen molar-refractivity contribution in [1.29, 1.82) is 0 Å². The highest BCUT2D eigenvalue weighted by molar-refractivity contribution is 7.17. The van der Waals surface area contributed by atoms with Gasteiger partial charge >= 0.3 is 5.97 Å². The molecule has 0 saturated carbocycles. The van der Waals surface area contributed by atoms with Crippen LogP contribution in [0.4, 0.5) is 0 Å². The molecule has 0 fully saturated rings. The fourth-order valence-electron chi connectivity index (χ4n) is 2.79. The molecule has 0 atom stereocenters. The molecular formula is C21H19N5O2S. The maximum atomic E-state index is 12.6. The van der Waals surface area contributed by atoms with Crippen molar-refractivity contribution < 1.29 is 9.53 Å². The first-order valence-corrected chi connectivity index (χ1v) is 10.0. The van der Waals surface area contributed by atoms with Crippen molar-refractivity contribution in [3.63, 3.8) is 0 Å². The van der Waals surface area contributed by atoms with E-state index in [-0.39, 0.29) is 6.61 Å². The quantitative estimate of drug-likeness (QED) is 0.451. The van der Waals surface area contributed by atoms with Crippen LogP contribution in [0, 0.1) is 6.92 Å². The van der Waals surface area contributed by atoms with Crippen molar-refractivity contribution in [2.45, 2.75) is 26.9 Å². The van der Waals surface area contributed by atoms with Gasteiger partial charge in [0.2, 0.25) is 0 Å². The van der Waals surface area contributed by atoms with Crippen molar-refractivity contribution in [3.8, 4) is 16.3 Å². The summed E-state index contributed by atoms with van der Waals surface area (Å²) < 4.78 is 7.09. The minimum atomic E-state index is -0.412. The Bertz CT molecular complexity index is 1140. The standard InChI is InChI=1S/C21H19N5O2S/c1-3-16-11-15(9-10-22-16)20-23-14(2)19(29-20)21(27)28-13-17-12-26(25-24-17)18-7-5-4-6-8-18/h4-12H,3,13H2,1-2H3. The average Bonchev–Trinajstić information content (AvgIpc) is 3.39. The number of esters is 1. The summed E-state index contributed by atoms with van der Waals surface area (Å²) in [7, 11) is 0. The van der Waals surface area contributed by atoms with Crippen LogP contribution in [0.5, 0.6) is 0 Å². The maximum absolute atomic E-state index is 12.6. The summed E-state index contributed by atoms with van der Waals surface area (Å²) in [6.45, 7) is 3.91. The third kappa shape index (κ3) is 4.22. The van der Waals surface area contributed by atoms with Crippen LogP contribution in [0.15, 0.2) is 54.9 Å². The van der Waals surface area contributed by atoms with Gasteiger partial charge in [0, 0.05) is 17.5 Å². The van der Waals surface area contributed by atoms with Gasteiger partial charge < -0.3 is 4.74 Å². The van der Waals surface area contributed by atoms with Gasteiger partial charge in [0.25, 0.3) is 0 Å². The van der Waals surface area contributed by atoms with Gasteiger partial charge in [-0.3, -0.25) is 4.98 Å². The highest BCUT2D eigenvalue weighted by Crippen LogP contribution is 2.28. The summed E-state index contributed by atoms with van der Waals surface area (Å²) in [5.74, 6) is -0.412. The first-order valence-electron chi connectivity index (χ1n) is 9.20. The summed E-state index contributed by atoms with van der Waals surface area (Å²) in [5.41, 5.74) is 4.06. The molecule has 0 saturated heterocycles. The number of hydrogen-bond donors (Lipinski definition) is 0. The number of hydrogen-bond acceptors (Lipinski definition) is 7. The van der Waals surface area contributed by atoms with Crippen LogP contribution in [-0.4, -0.2) is 30.9 Å². The molecule has 7 nitrogen and oxygen atoms in total. The van der Waals surface area contributed by atoms with Crippen molar-refractivity contribution in [2.24, 2.45) is 0 Å². The number of aryl methyl sites for hydroxylation is 2. The Morgan fingerprint density at radius 1 is 1.17 bits per heavy atom. The molecule has 0 amide bonds. The summed E-state index contributed by atoms with van der Waals surface area (Å²) in [5, 5.41) is 8.92. The summed E-state index contributed by atoms with van der Waals surface area (Å²) in [6.07, 6.45) is 4.35. The second-order valence-electron chi connectivity index (χ2n) is 6.39. The molecule has 8 heteroatoms.